The lowest BCUT2D eigenvalue weighted by Crippen LogP contribution is -2.26. The largest absolute Gasteiger partial charge is 0.469 e. The highest BCUT2D eigenvalue weighted by Gasteiger charge is 2.52. The fourth-order valence-corrected chi connectivity index (χ4v) is 6.14. The molecule has 4 aromatic carbocycles. The summed E-state index contributed by atoms with van der Waals surface area (Å²) in [5.74, 6) is -0.148. The van der Waals surface area contributed by atoms with E-state index in [0.29, 0.717) is 0 Å². The van der Waals surface area contributed by atoms with E-state index < -0.39 is 0 Å². The van der Waals surface area contributed by atoms with E-state index in [0.717, 1.165) is 0 Å². The standard InChI is InChI=1S/C34H36N2.C5H10O2/c1-22-35(26-18-14-24(15-19-26)33(2,3)4)31-28-12-8-10-23-11-9-13-29(30(23)28)32(31)36(22)27-20-16-25(17-21-27)34(5,6)7;1-4(2)5(6)7-3/h8-22H,1-7H3;4H,1-3H3/q+2;. The van der Waals surface area contributed by atoms with Crippen LogP contribution in [0.3, 0.4) is 0 Å². The van der Waals surface area contributed by atoms with Crippen molar-refractivity contribution in [2.75, 3.05) is 7.11 Å². The van der Waals surface area contributed by atoms with Crippen molar-refractivity contribution < 1.29 is 18.7 Å². The smallest absolute Gasteiger partial charge is 0.351 e. The van der Waals surface area contributed by atoms with Gasteiger partial charge in [0.1, 0.15) is 0 Å². The lowest BCUT2D eigenvalue weighted by atomic mass is 9.87. The number of esters is 1. The van der Waals surface area contributed by atoms with Crippen LogP contribution in [0.15, 0.2) is 84.9 Å². The zero-order valence-corrected chi connectivity index (χ0v) is 27.4. The van der Waals surface area contributed by atoms with Gasteiger partial charge in [0.25, 0.3) is 11.4 Å². The van der Waals surface area contributed by atoms with E-state index in [1.165, 1.54) is 62.9 Å². The van der Waals surface area contributed by atoms with Crippen molar-refractivity contribution in [3.63, 3.8) is 0 Å². The maximum Gasteiger partial charge on any atom is 0.351 e. The van der Waals surface area contributed by atoms with Crippen LogP contribution in [-0.2, 0) is 20.4 Å². The average molecular weight is 575 g/mol. The minimum Gasteiger partial charge on any atom is -0.469 e. The second kappa shape index (κ2) is 11.2. The molecule has 0 aromatic heterocycles. The van der Waals surface area contributed by atoms with Gasteiger partial charge in [-0.2, -0.15) is 0 Å². The number of fused-ring (bicyclic) bond motifs is 3. The van der Waals surface area contributed by atoms with Crippen LogP contribution in [0.5, 0.6) is 0 Å². The Bertz CT molecular complexity index is 1630. The molecule has 4 aromatic rings. The lowest BCUT2D eigenvalue weighted by molar-refractivity contribution is -0.687. The molecule has 0 radical (unpaired) electrons. The maximum absolute atomic E-state index is 10.3. The molecule has 4 heteroatoms. The van der Waals surface area contributed by atoms with Gasteiger partial charge in [0.05, 0.1) is 31.1 Å². The van der Waals surface area contributed by atoms with Crippen molar-refractivity contribution >= 4 is 39.5 Å². The number of hydrogen-bond donors (Lipinski definition) is 0. The Hall–Kier alpha value is -4.05. The Morgan fingerprint density at radius 2 is 1.07 bits per heavy atom. The summed E-state index contributed by atoms with van der Waals surface area (Å²) in [7, 11) is 1.39. The first-order chi connectivity index (χ1) is 20.2. The Balaban J connectivity index is 0.000000472. The first kappa shape index (κ1) is 30.4. The third-order valence-corrected chi connectivity index (χ3v) is 8.56. The fraction of sp³-hybridized carbons (Fsp3) is 0.359. The van der Waals surface area contributed by atoms with Crippen molar-refractivity contribution in [3.8, 4) is 0 Å². The Morgan fingerprint density at radius 1 is 0.674 bits per heavy atom. The van der Waals surface area contributed by atoms with Crippen LogP contribution in [0, 0.1) is 5.92 Å². The fourth-order valence-electron chi connectivity index (χ4n) is 6.14. The van der Waals surface area contributed by atoms with E-state index in [2.05, 4.69) is 147 Å². The summed E-state index contributed by atoms with van der Waals surface area (Å²) in [6.45, 7) is 19.6. The molecule has 1 aliphatic heterocycles. The van der Waals surface area contributed by atoms with Gasteiger partial charge in [-0.05, 0) is 39.5 Å². The SMILES string of the molecule is CC1[N+](c2ccc(C(C)(C)C)cc2)=C2C(=[N+]1c1ccc(C(C)(C)C)cc1)c1cccc3cccc2c13.COC(=O)C(C)C. The molecule has 0 saturated carbocycles. The molecule has 0 saturated heterocycles. The molecule has 0 atom stereocenters. The molecule has 43 heavy (non-hydrogen) atoms. The molecule has 0 spiro atoms. The quantitative estimate of drug-likeness (QED) is 0.181. The van der Waals surface area contributed by atoms with Crippen LogP contribution >= 0.6 is 0 Å². The molecule has 1 heterocycles. The van der Waals surface area contributed by atoms with Gasteiger partial charge in [0.2, 0.25) is 11.4 Å². The number of carbonyl (C=O) groups excluding carboxylic acids is 1. The number of carbonyl (C=O) groups is 1. The lowest BCUT2D eigenvalue weighted by Gasteiger charge is -2.19. The van der Waals surface area contributed by atoms with Crippen LogP contribution in [0.1, 0.15) is 84.6 Å². The summed E-state index contributed by atoms with van der Waals surface area (Å²) in [4.78, 5) is 10.3. The van der Waals surface area contributed by atoms with Crippen LogP contribution in [0.4, 0.5) is 11.4 Å². The molecule has 0 amide bonds. The van der Waals surface area contributed by atoms with Crippen molar-refractivity contribution in [1.82, 2.24) is 0 Å². The molecule has 6 rings (SSSR count). The summed E-state index contributed by atoms with van der Waals surface area (Å²) in [5.41, 5.74) is 10.8. The third kappa shape index (κ3) is 5.56. The molecule has 0 fully saturated rings. The van der Waals surface area contributed by atoms with Crippen molar-refractivity contribution in [1.29, 1.82) is 0 Å². The van der Waals surface area contributed by atoms with Crippen molar-refractivity contribution in [2.45, 2.75) is 79.3 Å². The van der Waals surface area contributed by atoms with Gasteiger partial charge in [-0.3, -0.25) is 4.79 Å². The number of ether oxygens (including phenoxy) is 1. The number of nitrogens with zero attached hydrogens (tertiary/aromatic N) is 2. The minimum absolute atomic E-state index is 0.00463. The summed E-state index contributed by atoms with van der Waals surface area (Å²) in [6.07, 6.45) is 0.152. The molecule has 4 nitrogen and oxygen atoms in total. The topological polar surface area (TPSA) is 32.3 Å². The Kier molecular flexibility index (Phi) is 7.94. The van der Waals surface area contributed by atoms with Gasteiger partial charge in [0, 0.05) is 29.7 Å². The van der Waals surface area contributed by atoms with Crippen molar-refractivity contribution in [2.24, 2.45) is 5.92 Å². The molecule has 222 valence electrons. The van der Waals surface area contributed by atoms with Gasteiger partial charge in [-0.1, -0.05) is 104 Å². The van der Waals surface area contributed by atoms with Crippen LogP contribution in [0.2, 0.25) is 0 Å². The van der Waals surface area contributed by atoms with Crippen LogP contribution in [-0.4, -0.2) is 39.8 Å². The highest BCUT2D eigenvalue weighted by atomic mass is 16.5. The Morgan fingerprint density at radius 3 is 1.37 bits per heavy atom. The number of methoxy groups -OCH3 is 1. The molecule has 1 aliphatic carbocycles. The summed E-state index contributed by atoms with van der Waals surface area (Å²) in [5, 5.41) is 2.67. The van der Waals surface area contributed by atoms with Gasteiger partial charge < -0.3 is 4.74 Å². The van der Waals surface area contributed by atoms with E-state index in [1.807, 2.05) is 0 Å². The predicted octanol–water partition coefficient (Wildman–Crippen LogP) is 8.89. The first-order valence-electron chi connectivity index (χ1n) is 15.4. The number of hydrogen-bond acceptors (Lipinski definition) is 2. The number of benzene rings is 4. The zero-order chi connectivity index (χ0) is 31.3. The highest BCUT2D eigenvalue weighted by Crippen LogP contribution is 2.39. The van der Waals surface area contributed by atoms with Gasteiger partial charge >= 0.3 is 12.1 Å². The summed E-state index contributed by atoms with van der Waals surface area (Å²) < 4.78 is 9.44. The van der Waals surface area contributed by atoms with Gasteiger partial charge in [-0.15, -0.1) is 9.15 Å². The van der Waals surface area contributed by atoms with Crippen LogP contribution in [0.25, 0.3) is 10.8 Å². The van der Waals surface area contributed by atoms with E-state index in [9.17, 15) is 4.79 Å². The van der Waals surface area contributed by atoms with Gasteiger partial charge in [0.15, 0.2) is 0 Å². The van der Waals surface area contributed by atoms with Crippen molar-refractivity contribution in [3.05, 3.63) is 107 Å². The Labute approximate surface area is 257 Å². The average Bonchev–Trinajstić information content (AvgIpc) is 3.44. The third-order valence-electron chi connectivity index (χ3n) is 8.56. The molecule has 0 unspecified atom stereocenters. The first-order valence-corrected chi connectivity index (χ1v) is 15.4. The highest BCUT2D eigenvalue weighted by molar-refractivity contribution is 6.58. The van der Waals surface area contributed by atoms with Gasteiger partial charge in [-0.25, -0.2) is 0 Å². The molecule has 0 bridgehead atoms. The van der Waals surface area contributed by atoms with E-state index in [4.69, 9.17) is 0 Å². The van der Waals surface area contributed by atoms with E-state index >= 15 is 0 Å². The summed E-state index contributed by atoms with van der Waals surface area (Å²) >= 11 is 0. The molecule has 0 N–H and O–H groups in total. The van der Waals surface area contributed by atoms with Crippen LogP contribution < -0.4 is 0 Å². The van der Waals surface area contributed by atoms with E-state index in [1.54, 1.807) is 13.8 Å². The monoisotopic (exact) mass is 574 g/mol. The molecular weight excluding hydrogens is 528 g/mol. The second-order valence-corrected chi connectivity index (χ2v) is 14.0. The zero-order valence-electron chi connectivity index (χ0n) is 27.4. The predicted molar refractivity (Wildman–Crippen MR) is 179 cm³/mol. The minimum atomic E-state index is -0.153. The second-order valence-electron chi connectivity index (χ2n) is 14.0. The van der Waals surface area contributed by atoms with E-state index in [-0.39, 0.29) is 28.9 Å². The maximum atomic E-state index is 10.3. The molecule has 2 aliphatic rings. The summed E-state index contributed by atoms with van der Waals surface area (Å²) in [6, 6.07) is 31.9. The normalized spacial score (nSPS) is 14.8. The molecular formula is C39H46N2O2+2. The number of rotatable bonds is 3.